The van der Waals surface area contributed by atoms with E-state index in [4.69, 9.17) is 4.74 Å². The zero-order chi connectivity index (χ0) is 14.5. The minimum atomic E-state index is -0.237. The van der Waals surface area contributed by atoms with Crippen LogP contribution in [-0.2, 0) is 0 Å². The molecule has 104 valence electrons. The summed E-state index contributed by atoms with van der Waals surface area (Å²) in [6.45, 7) is 6.30. The highest BCUT2D eigenvalue weighted by Gasteiger charge is 2.11. The van der Waals surface area contributed by atoms with Gasteiger partial charge in [0.15, 0.2) is 0 Å². The molecule has 1 amide bonds. The molecule has 0 fully saturated rings. The number of anilines is 1. The number of nitrogens with zero attached hydrogens (tertiary/aromatic N) is 1. The minimum Gasteiger partial charge on any atom is -0.492 e. The van der Waals surface area contributed by atoms with Gasteiger partial charge in [-0.15, -0.1) is 0 Å². The second kappa shape index (κ2) is 6.19. The van der Waals surface area contributed by atoms with E-state index in [0.29, 0.717) is 23.7 Å². The number of rotatable bonds is 4. The quantitative estimate of drug-likeness (QED) is 0.927. The topological polar surface area (TPSA) is 51.2 Å². The molecule has 20 heavy (non-hydrogen) atoms. The lowest BCUT2D eigenvalue weighted by Crippen LogP contribution is -2.15. The second-order valence-corrected chi connectivity index (χ2v) is 4.55. The van der Waals surface area contributed by atoms with Crippen LogP contribution in [-0.4, -0.2) is 17.5 Å². The normalized spacial score (nSPS) is 10.2. The fourth-order valence-electron chi connectivity index (χ4n) is 1.86. The predicted molar refractivity (Wildman–Crippen MR) is 79.3 cm³/mol. The molecule has 2 aromatic rings. The van der Waals surface area contributed by atoms with Crippen LogP contribution in [0.25, 0.3) is 0 Å². The number of pyridine rings is 1. The summed E-state index contributed by atoms with van der Waals surface area (Å²) >= 11 is 0. The third kappa shape index (κ3) is 3.35. The summed E-state index contributed by atoms with van der Waals surface area (Å²) < 4.78 is 5.54. The van der Waals surface area contributed by atoms with Crippen LogP contribution >= 0.6 is 0 Å². The summed E-state index contributed by atoms with van der Waals surface area (Å²) in [5.41, 5.74) is 2.95. The highest BCUT2D eigenvalue weighted by atomic mass is 16.5. The van der Waals surface area contributed by atoms with Crippen molar-refractivity contribution in [1.82, 2.24) is 4.98 Å². The molecule has 0 aliphatic carbocycles. The summed E-state index contributed by atoms with van der Waals surface area (Å²) in [5.74, 6) is 0.437. The Morgan fingerprint density at radius 1 is 1.25 bits per heavy atom. The molecule has 2 rings (SSSR count). The van der Waals surface area contributed by atoms with E-state index in [1.54, 1.807) is 6.07 Å². The van der Waals surface area contributed by atoms with Crippen LogP contribution in [0.4, 0.5) is 5.69 Å². The van der Waals surface area contributed by atoms with Gasteiger partial charge in [-0.25, -0.2) is 4.98 Å². The van der Waals surface area contributed by atoms with Crippen LogP contribution < -0.4 is 10.1 Å². The molecule has 0 saturated heterocycles. The Bertz CT molecular complexity index is 624. The Balaban J connectivity index is 2.23. The SMILES string of the molecule is CCOc1cc(C)ccc1NC(=O)c1cccc(C)n1. The number of hydrogen-bond acceptors (Lipinski definition) is 3. The fourth-order valence-corrected chi connectivity index (χ4v) is 1.86. The Morgan fingerprint density at radius 2 is 2.05 bits per heavy atom. The Hall–Kier alpha value is -2.36. The molecular formula is C16H18N2O2. The molecule has 0 atom stereocenters. The van der Waals surface area contributed by atoms with Gasteiger partial charge in [-0.3, -0.25) is 4.79 Å². The Labute approximate surface area is 118 Å². The number of nitrogens with one attached hydrogen (secondary N) is 1. The number of hydrogen-bond donors (Lipinski definition) is 1. The summed E-state index contributed by atoms with van der Waals surface area (Å²) in [5, 5.41) is 2.84. The van der Waals surface area contributed by atoms with Crippen molar-refractivity contribution in [2.24, 2.45) is 0 Å². The van der Waals surface area contributed by atoms with Gasteiger partial charge >= 0.3 is 0 Å². The predicted octanol–water partition coefficient (Wildman–Crippen LogP) is 3.35. The lowest BCUT2D eigenvalue weighted by Gasteiger charge is -2.12. The van der Waals surface area contributed by atoms with Gasteiger partial charge in [-0.2, -0.15) is 0 Å². The first kappa shape index (κ1) is 14.1. The molecule has 0 spiro atoms. The van der Waals surface area contributed by atoms with Gasteiger partial charge in [0.25, 0.3) is 5.91 Å². The van der Waals surface area contributed by atoms with Gasteiger partial charge in [-0.05, 0) is 50.6 Å². The average Bonchev–Trinajstić information content (AvgIpc) is 2.42. The van der Waals surface area contributed by atoms with Crippen LogP contribution in [0.1, 0.15) is 28.7 Å². The first-order chi connectivity index (χ1) is 9.60. The molecule has 0 aliphatic heterocycles. The lowest BCUT2D eigenvalue weighted by atomic mass is 10.2. The van der Waals surface area contributed by atoms with Gasteiger partial charge in [-0.1, -0.05) is 12.1 Å². The smallest absolute Gasteiger partial charge is 0.274 e. The molecule has 1 aromatic carbocycles. The summed E-state index contributed by atoms with van der Waals surface area (Å²) in [6, 6.07) is 11.0. The molecule has 1 N–H and O–H groups in total. The number of aromatic nitrogens is 1. The fraction of sp³-hybridized carbons (Fsp3) is 0.250. The van der Waals surface area contributed by atoms with Gasteiger partial charge in [0.05, 0.1) is 12.3 Å². The zero-order valence-corrected chi connectivity index (χ0v) is 11.9. The standard InChI is InChI=1S/C16H18N2O2/c1-4-20-15-10-11(2)8-9-13(15)18-16(19)14-7-5-6-12(3)17-14/h5-10H,4H2,1-3H3,(H,18,19). The monoisotopic (exact) mass is 270 g/mol. The van der Waals surface area contributed by atoms with Gasteiger partial charge in [0, 0.05) is 5.69 Å². The van der Waals surface area contributed by atoms with Crippen LogP contribution in [0.2, 0.25) is 0 Å². The summed E-state index contributed by atoms with van der Waals surface area (Å²) in [6.07, 6.45) is 0. The zero-order valence-electron chi connectivity index (χ0n) is 11.9. The van der Waals surface area contributed by atoms with Crippen molar-refractivity contribution in [3.05, 3.63) is 53.3 Å². The van der Waals surface area contributed by atoms with E-state index in [9.17, 15) is 4.79 Å². The van der Waals surface area contributed by atoms with E-state index in [-0.39, 0.29) is 5.91 Å². The van der Waals surface area contributed by atoms with Crippen molar-refractivity contribution in [3.63, 3.8) is 0 Å². The molecular weight excluding hydrogens is 252 g/mol. The molecule has 0 bridgehead atoms. The highest BCUT2D eigenvalue weighted by Crippen LogP contribution is 2.26. The van der Waals surface area contributed by atoms with E-state index in [1.165, 1.54) is 0 Å². The third-order valence-electron chi connectivity index (χ3n) is 2.81. The Morgan fingerprint density at radius 3 is 2.75 bits per heavy atom. The maximum atomic E-state index is 12.2. The van der Waals surface area contributed by atoms with Gasteiger partial charge < -0.3 is 10.1 Å². The maximum Gasteiger partial charge on any atom is 0.274 e. The van der Waals surface area contributed by atoms with Crippen LogP contribution in [0.5, 0.6) is 5.75 Å². The van der Waals surface area contributed by atoms with Gasteiger partial charge in [0.2, 0.25) is 0 Å². The van der Waals surface area contributed by atoms with E-state index < -0.39 is 0 Å². The average molecular weight is 270 g/mol. The maximum absolute atomic E-state index is 12.2. The molecule has 0 radical (unpaired) electrons. The molecule has 4 heteroatoms. The van der Waals surface area contributed by atoms with Crippen LogP contribution in [0.15, 0.2) is 36.4 Å². The number of benzene rings is 1. The molecule has 0 aliphatic rings. The molecule has 1 heterocycles. The first-order valence-electron chi connectivity index (χ1n) is 6.58. The van der Waals surface area contributed by atoms with E-state index in [2.05, 4.69) is 10.3 Å². The van der Waals surface area contributed by atoms with Crippen molar-refractivity contribution in [3.8, 4) is 5.75 Å². The number of carbonyl (C=O) groups excluding carboxylic acids is 1. The molecule has 0 unspecified atom stereocenters. The van der Waals surface area contributed by atoms with Crippen LogP contribution in [0, 0.1) is 13.8 Å². The number of carbonyl (C=O) groups is 1. The first-order valence-corrected chi connectivity index (χ1v) is 6.58. The summed E-state index contributed by atoms with van der Waals surface area (Å²) in [4.78, 5) is 16.4. The van der Waals surface area contributed by atoms with Crippen molar-refractivity contribution in [2.75, 3.05) is 11.9 Å². The number of ether oxygens (including phenoxy) is 1. The molecule has 1 aromatic heterocycles. The van der Waals surface area contributed by atoms with E-state index >= 15 is 0 Å². The van der Waals surface area contributed by atoms with Crippen molar-refractivity contribution < 1.29 is 9.53 Å². The van der Waals surface area contributed by atoms with E-state index in [0.717, 1.165) is 11.3 Å². The highest BCUT2D eigenvalue weighted by molar-refractivity contribution is 6.03. The minimum absolute atomic E-state index is 0.237. The molecule has 0 saturated carbocycles. The second-order valence-electron chi connectivity index (χ2n) is 4.55. The van der Waals surface area contributed by atoms with Crippen molar-refractivity contribution in [1.29, 1.82) is 0 Å². The largest absolute Gasteiger partial charge is 0.492 e. The molecule has 4 nitrogen and oxygen atoms in total. The van der Waals surface area contributed by atoms with Gasteiger partial charge in [0.1, 0.15) is 11.4 Å². The Kier molecular flexibility index (Phi) is 4.35. The van der Waals surface area contributed by atoms with Crippen LogP contribution in [0.3, 0.4) is 0 Å². The van der Waals surface area contributed by atoms with Crippen molar-refractivity contribution >= 4 is 11.6 Å². The lowest BCUT2D eigenvalue weighted by molar-refractivity contribution is 0.102. The summed E-state index contributed by atoms with van der Waals surface area (Å²) in [7, 11) is 0. The number of aryl methyl sites for hydroxylation is 2. The van der Waals surface area contributed by atoms with E-state index in [1.807, 2.05) is 51.1 Å². The van der Waals surface area contributed by atoms with Crippen molar-refractivity contribution in [2.45, 2.75) is 20.8 Å². The number of amides is 1. The third-order valence-corrected chi connectivity index (χ3v) is 2.81.